The van der Waals surface area contributed by atoms with Gasteiger partial charge in [0.1, 0.15) is 5.82 Å². The van der Waals surface area contributed by atoms with Gasteiger partial charge in [-0.2, -0.15) is 0 Å². The van der Waals surface area contributed by atoms with Crippen LogP contribution in [-0.2, 0) is 4.74 Å². The topological polar surface area (TPSA) is 44.8 Å². The van der Waals surface area contributed by atoms with E-state index in [-0.39, 0.29) is 11.8 Å². The van der Waals surface area contributed by atoms with Gasteiger partial charge in [0, 0.05) is 45.5 Å². The number of hydrogen-bond acceptors (Lipinski definition) is 3. The molecule has 1 aromatic rings. The van der Waals surface area contributed by atoms with Crippen molar-refractivity contribution in [2.24, 2.45) is 0 Å². The van der Waals surface area contributed by atoms with Crippen LogP contribution in [0.2, 0.25) is 0 Å². The summed E-state index contributed by atoms with van der Waals surface area (Å²) in [6.07, 6.45) is 0. The number of amides is 2. The van der Waals surface area contributed by atoms with Crippen molar-refractivity contribution in [1.82, 2.24) is 10.2 Å². The lowest BCUT2D eigenvalue weighted by Crippen LogP contribution is -2.52. The van der Waals surface area contributed by atoms with E-state index in [0.29, 0.717) is 39.3 Å². The summed E-state index contributed by atoms with van der Waals surface area (Å²) in [6.45, 7) is 3.71. The van der Waals surface area contributed by atoms with Gasteiger partial charge in [0.15, 0.2) is 0 Å². The van der Waals surface area contributed by atoms with Crippen molar-refractivity contribution in [2.75, 3.05) is 51.3 Å². The number of methoxy groups -OCH3 is 1. The summed E-state index contributed by atoms with van der Waals surface area (Å²) in [6, 6.07) is 6.48. The Kier molecular flexibility index (Phi) is 5.17. The number of ether oxygens (including phenoxy) is 1. The van der Waals surface area contributed by atoms with Gasteiger partial charge >= 0.3 is 6.03 Å². The minimum atomic E-state index is -0.234. The molecule has 2 rings (SSSR count). The zero-order valence-corrected chi connectivity index (χ0v) is 11.6. The fraction of sp³-hybridized carbons (Fsp3) is 0.500. The van der Waals surface area contributed by atoms with E-state index in [2.05, 4.69) is 10.2 Å². The maximum absolute atomic E-state index is 13.2. The Balaban J connectivity index is 1.81. The number of piperazine rings is 1. The second-order valence-corrected chi connectivity index (χ2v) is 4.68. The quantitative estimate of drug-likeness (QED) is 0.846. The third kappa shape index (κ3) is 3.84. The maximum Gasteiger partial charge on any atom is 0.317 e. The largest absolute Gasteiger partial charge is 0.383 e. The number of carbonyl (C=O) groups is 1. The molecule has 0 unspecified atom stereocenters. The smallest absolute Gasteiger partial charge is 0.317 e. The number of nitrogens with zero attached hydrogens (tertiary/aromatic N) is 2. The van der Waals surface area contributed by atoms with Crippen molar-refractivity contribution in [2.45, 2.75) is 0 Å². The number of halogens is 1. The number of rotatable bonds is 4. The highest BCUT2D eigenvalue weighted by atomic mass is 19.1. The third-order valence-electron chi connectivity index (χ3n) is 3.32. The molecule has 0 aromatic heterocycles. The van der Waals surface area contributed by atoms with Crippen LogP contribution in [0.15, 0.2) is 24.3 Å². The Morgan fingerprint density at radius 2 is 2.10 bits per heavy atom. The lowest BCUT2D eigenvalue weighted by Gasteiger charge is -2.36. The molecule has 2 amide bonds. The van der Waals surface area contributed by atoms with Crippen molar-refractivity contribution < 1.29 is 13.9 Å². The highest BCUT2D eigenvalue weighted by Gasteiger charge is 2.21. The van der Waals surface area contributed by atoms with Crippen LogP contribution in [0.25, 0.3) is 0 Å². The molecule has 0 spiro atoms. The molecule has 1 heterocycles. The second kappa shape index (κ2) is 7.09. The van der Waals surface area contributed by atoms with E-state index in [1.54, 1.807) is 18.1 Å². The molecule has 1 aromatic carbocycles. The Hall–Kier alpha value is -1.82. The maximum atomic E-state index is 13.2. The predicted octanol–water partition coefficient (Wildman–Crippen LogP) is 1.30. The molecule has 1 aliphatic heterocycles. The second-order valence-electron chi connectivity index (χ2n) is 4.68. The fourth-order valence-electron chi connectivity index (χ4n) is 2.21. The summed E-state index contributed by atoms with van der Waals surface area (Å²) in [7, 11) is 1.60. The van der Waals surface area contributed by atoms with Crippen LogP contribution in [0.1, 0.15) is 0 Å². The SMILES string of the molecule is COCCNC(=O)N1CCN(c2cccc(F)c2)CC1. The Morgan fingerprint density at radius 1 is 1.35 bits per heavy atom. The molecule has 1 fully saturated rings. The molecule has 0 atom stereocenters. The van der Waals surface area contributed by atoms with Gasteiger partial charge in [-0.05, 0) is 18.2 Å². The number of benzene rings is 1. The van der Waals surface area contributed by atoms with Crippen LogP contribution < -0.4 is 10.2 Å². The first-order valence-corrected chi connectivity index (χ1v) is 6.73. The van der Waals surface area contributed by atoms with Crippen LogP contribution in [0, 0.1) is 5.82 Å². The Labute approximate surface area is 118 Å². The monoisotopic (exact) mass is 281 g/mol. The van der Waals surface area contributed by atoms with Crippen molar-refractivity contribution in [3.05, 3.63) is 30.1 Å². The van der Waals surface area contributed by atoms with Crippen molar-refractivity contribution in [3.8, 4) is 0 Å². The summed E-state index contributed by atoms with van der Waals surface area (Å²) in [5, 5.41) is 2.80. The van der Waals surface area contributed by atoms with Gasteiger partial charge in [-0.3, -0.25) is 0 Å². The molecule has 6 heteroatoms. The van der Waals surface area contributed by atoms with Crippen LogP contribution in [0.5, 0.6) is 0 Å². The Morgan fingerprint density at radius 3 is 2.75 bits per heavy atom. The summed E-state index contributed by atoms with van der Waals surface area (Å²) in [5.74, 6) is -0.234. The summed E-state index contributed by atoms with van der Waals surface area (Å²) in [5.41, 5.74) is 0.865. The molecule has 1 aliphatic rings. The molecule has 20 heavy (non-hydrogen) atoms. The minimum Gasteiger partial charge on any atom is -0.383 e. The number of urea groups is 1. The zero-order chi connectivity index (χ0) is 14.4. The number of anilines is 1. The van der Waals surface area contributed by atoms with E-state index in [1.165, 1.54) is 12.1 Å². The standard InChI is InChI=1S/C14H20FN3O2/c1-20-10-5-16-14(19)18-8-6-17(7-9-18)13-4-2-3-12(15)11-13/h2-4,11H,5-10H2,1H3,(H,16,19). The Bertz CT molecular complexity index is 448. The van der Waals surface area contributed by atoms with E-state index in [4.69, 9.17) is 4.74 Å². The number of hydrogen-bond donors (Lipinski definition) is 1. The third-order valence-corrected chi connectivity index (χ3v) is 3.32. The van der Waals surface area contributed by atoms with Crippen LogP contribution in [-0.4, -0.2) is 57.4 Å². The van der Waals surface area contributed by atoms with Gasteiger partial charge in [-0.1, -0.05) is 6.07 Å². The van der Waals surface area contributed by atoms with E-state index in [0.717, 1.165) is 5.69 Å². The molecule has 0 radical (unpaired) electrons. The van der Waals surface area contributed by atoms with Crippen molar-refractivity contribution in [1.29, 1.82) is 0 Å². The lowest BCUT2D eigenvalue weighted by atomic mass is 10.2. The van der Waals surface area contributed by atoms with E-state index in [1.807, 2.05) is 6.07 Å². The first-order valence-electron chi connectivity index (χ1n) is 6.73. The fourth-order valence-corrected chi connectivity index (χ4v) is 2.21. The van der Waals surface area contributed by atoms with Crippen molar-refractivity contribution in [3.63, 3.8) is 0 Å². The lowest BCUT2D eigenvalue weighted by molar-refractivity contribution is 0.177. The first kappa shape index (κ1) is 14.6. The number of nitrogens with one attached hydrogen (secondary N) is 1. The van der Waals surface area contributed by atoms with Crippen molar-refractivity contribution >= 4 is 11.7 Å². The first-order chi connectivity index (χ1) is 9.70. The van der Waals surface area contributed by atoms with E-state index < -0.39 is 0 Å². The van der Waals surface area contributed by atoms with Crippen LogP contribution in [0.3, 0.4) is 0 Å². The molecule has 1 N–H and O–H groups in total. The minimum absolute atomic E-state index is 0.0686. The molecular weight excluding hydrogens is 261 g/mol. The van der Waals surface area contributed by atoms with E-state index >= 15 is 0 Å². The van der Waals surface area contributed by atoms with Crippen LogP contribution in [0.4, 0.5) is 14.9 Å². The zero-order valence-electron chi connectivity index (χ0n) is 11.6. The summed E-state index contributed by atoms with van der Waals surface area (Å²) in [4.78, 5) is 15.7. The van der Waals surface area contributed by atoms with Gasteiger partial charge in [0.2, 0.25) is 0 Å². The summed E-state index contributed by atoms with van der Waals surface area (Å²) < 4.78 is 18.1. The predicted molar refractivity (Wildman–Crippen MR) is 75.5 cm³/mol. The molecule has 1 saturated heterocycles. The number of carbonyl (C=O) groups excluding carboxylic acids is 1. The van der Waals surface area contributed by atoms with Crippen LogP contribution >= 0.6 is 0 Å². The van der Waals surface area contributed by atoms with Gasteiger partial charge in [-0.15, -0.1) is 0 Å². The molecule has 110 valence electrons. The van der Waals surface area contributed by atoms with Gasteiger partial charge in [0.25, 0.3) is 0 Å². The normalized spacial score (nSPS) is 15.3. The molecule has 0 bridgehead atoms. The van der Waals surface area contributed by atoms with Gasteiger partial charge in [-0.25, -0.2) is 9.18 Å². The summed E-state index contributed by atoms with van der Waals surface area (Å²) >= 11 is 0. The molecular formula is C14H20FN3O2. The molecule has 5 nitrogen and oxygen atoms in total. The highest BCUT2D eigenvalue weighted by molar-refractivity contribution is 5.74. The average molecular weight is 281 g/mol. The molecule has 0 saturated carbocycles. The molecule has 0 aliphatic carbocycles. The average Bonchev–Trinajstić information content (AvgIpc) is 2.47. The van der Waals surface area contributed by atoms with Gasteiger partial charge < -0.3 is 19.9 Å². The van der Waals surface area contributed by atoms with Gasteiger partial charge in [0.05, 0.1) is 6.61 Å². The van der Waals surface area contributed by atoms with E-state index in [9.17, 15) is 9.18 Å². The highest BCUT2D eigenvalue weighted by Crippen LogP contribution is 2.17.